The fraction of sp³-hybridized carbons (Fsp3) is 1.00. The second-order valence-corrected chi connectivity index (χ2v) is 4.08. The van der Waals surface area contributed by atoms with Crippen molar-refractivity contribution in [1.82, 2.24) is 10.2 Å². The smallest absolute Gasteiger partial charge is 0.260 e. The Morgan fingerprint density at radius 3 is 2.71 bits per heavy atom. The molecule has 2 heterocycles. The van der Waals surface area contributed by atoms with Gasteiger partial charge in [0.2, 0.25) is 0 Å². The molecular formula is C9H17ClF2N2. The first kappa shape index (κ1) is 12.1. The zero-order valence-corrected chi connectivity index (χ0v) is 8.95. The van der Waals surface area contributed by atoms with E-state index in [9.17, 15) is 8.78 Å². The molecule has 0 aromatic rings. The number of likely N-dealkylation sites (tertiary alicyclic amines) is 1. The molecule has 1 atom stereocenters. The van der Waals surface area contributed by atoms with Crippen LogP contribution >= 0.6 is 12.4 Å². The molecule has 0 saturated carbocycles. The summed E-state index contributed by atoms with van der Waals surface area (Å²) in [5.41, 5.74) is 0. The quantitative estimate of drug-likeness (QED) is 0.729. The van der Waals surface area contributed by atoms with Crippen molar-refractivity contribution in [1.29, 1.82) is 0 Å². The normalized spacial score (nSPS) is 32.6. The molecule has 0 aliphatic carbocycles. The maximum absolute atomic E-state index is 13.0. The van der Waals surface area contributed by atoms with E-state index in [-0.39, 0.29) is 25.4 Å². The highest BCUT2D eigenvalue weighted by Crippen LogP contribution is 2.28. The van der Waals surface area contributed by atoms with Crippen LogP contribution in [-0.2, 0) is 0 Å². The predicted octanol–water partition coefficient (Wildman–Crippen LogP) is 1.50. The average molecular weight is 227 g/mol. The second kappa shape index (κ2) is 4.73. The van der Waals surface area contributed by atoms with Crippen molar-refractivity contribution in [3.05, 3.63) is 0 Å². The first-order valence-corrected chi connectivity index (χ1v) is 5.00. The van der Waals surface area contributed by atoms with Crippen LogP contribution in [-0.4, -0.2) is 43.0 Å². The summed E-state index contributed by atoms with van der Waals surface area (Å²) in [6.07, 6.45) is 1.74. The van der Waals surface area contributed by atoms with Gasteiger partial charge in [0.25, 0.3) is 5.92 Å². The summed E-state index contributed by atoms with van der Waals surface area (Å²) in [5.74, 6) is -2.44. The lowest BCUT2D eigenvalue weighted by atomic mass is 10.0. The van der Waals surface area contributed by atoms with Gasteiger partial charge in [0.05, 0.1) is 6.54 Å². The van der Waals surface area contributed by atoms with E-state index < -0.39 is 5.92 Å². The maximum atomic E-state index is 13.0. The number of piperidine rings is 1. The van der Waals surface area contributed by atoms with Gasteiger partial charge in [-0.05, 0) is 25.9 Å². The molecule has 2 aliphatic rings. The van der Waals surface area contributed by atoms with Gasteiger partial charge in [-0.25, -0.2) is 8.78 Å². The number of nitrogens with zero attached hydrogens (tertiary/aromatic N) is 1. The van der Waals surface area contributed by atoms with E-state index in [0.717, 1.165) is 26.1 Å². The van der Waals surface area contributed by atoms with E-state index >= 15 is 0 Å². The molecule has 0 bridgehead atoms. The lowest BCUT2D eigenvalue weighted by molar-refractivity contribution is -0.0729. The molecule has 2 rings (SSSR count). The molecule has 0 amide bonds. The van der Waals surface area contributed by atoms with E-state index in [0.29, 0.717) is 12.5 Å². The number of halogens is 3. The van der Waals surface area contributed by atoms with Crippen LogP contribution in [0.5, 0.6) is 0 Å². The van der Waals surface area contributed by atoms with Gasteiger partial charge in [0.15, 0.2) is 0 Å². The topological polar surface area (TPSA) is 15.3 Å². The van der Waals surface area contributed by atoms with Crippen molar-refractivity contribution in [3.63, 3.8) is 0 Å². The van der Waals surface area contributed by atoms with E-state index in [1.807, 2.05) is 4.90 Å². The van der Waals surface area contributed by atoms with Crippen LogP contribution in [0.2, 0.25) is 0 Å². The van der Waals surface area contributed by atoms with Crippen LogP contribution in [0.3, 0.4) is 0 Å². The Hall–Kier alpha value is 0.0700. The molecule has 14 heavy (non-hydrogen) atoms. The summed E-state index contributed by atoms with van der Waals surface area (Å²) in [6.45, 7) is 2.68. The Balaban J connectivity index is 0.000000980. The van der Waals surface area contributed by atoms with Crippen LogP contribution in [0.4, 0.5) is 8.78 Å². The molecule has 1 N–H and O–H groups in total. The zero-order chi connectivity index (χ0) is 9.31. The summed E-state index contributed by atoms with van der Waals surface area (Å²) >= 11 is 0. The van der Waals surface area contributed by atoms with Gasteiger partial charge >= 0.3 is 0 Å². The first-order valence-electron chi connectivity index (χ1n) is 5.00. The van der Waals surface area contributed by atoms with Gasteiger partial charge in [-0.1, -0.05) is 0 Å². The molecule has 5 heteroatoms. The summed E-state index contributed by atoms with van der Waals surface area (Å²) in [7, 11) is 0. The summed E-state index contributed by atoms with van der Waals surface area (Å²) < 4.78 is 26.1. The summed E-state index contributed by atoms with van der Waals surface area (Å²) in [6, 6.07) is 0.353. The highest BCUT2D eigenvalue weighted by atomic mass is 35.5. The van der Waals surface area contributed by atoms with Gasteiger partial charge in [0, 0.05) is 19.0 Å². The van der Waals surface area contributed by atoms with Crippen molar-refractivity contribution < 1.29 is 8.78 Å². The maximum Gasteiger partial charge on any atom is 0.260 e. The third-order valence-corrected chi connectivity index (χ3v) is 2.97. The van der Waals surface area contributed by atoms with Crippen LogP contribution in [0.1, 0.15) is 19.3 Å². The Bertz CT molecular complexity index is 184. The highest BCUT2D eigenvalue weighted by molar-refractivity contribution is 5.85. The highest BCUT2D eigenvalue weighted by Gasteiger charge is 2.38. The van der Waals surface area contributed by atoms with Gasteiger partial charge in [0.1, 0.15) is 0 Å². The second-order valence-electron chi connectivity index (χ2n) is 4.08. The largest absolute Gasteiger partial charge is 0.315 e. The van der Waals surface area contributed by atoms with Crippen LogP contribution in [0.25, 0.3) is 0 Å². The van der Waals surface area contributed by atoms with Crippen molar-refractivity contribution in [3.8, 4) is 0 Å². The molecule has 84 valence electrons. The third-order valence-electron chi connectivity index (χ3n) is 2.97. The minimum Gasteiger partial charge on any atom is -0.315 e. The third kappa shape index (κ3) is 2.78. The summed E-state index contributed by atoms with van der Waals surface area (Å²) in [4.78, 5) is 1.95. The average Bonchev–Trinajstić information content (AvgIpc) is 2.53. The molecule has 0 radical (unpaired) electrons. The molecule has 0 aromatic heterocycles. The molecule has 0 spiro atoms. The Labute approximate surface area is 89.4 Å². The molecule has 0 aromatic carbocycles. The molecule has 2 saturated heterocycles. The van der Waals surface area contributed by atoms with Crippen molar-refractivity contribution in [2.24, 2.45) is 0 Å². The van der Waals surface area contributed by atoms with E-state index in [2.05, 4.69) is 5.32 Å². The molecular weight excluding hydrogens is 210 g/mol. The molecule has 1 unspecified atom stereocenters. The minimum absolute atomic E-state index is 0. The van der Waals surface area contributed by atoms with E-state index in [1.165, 1.54) is 0 Å². The van der Waals surface area contributed by atoms with E-state index in [1.54, 1.807) is 0 Å². The Kier molecular flexibility index (Phi) is 4.10. The zero-order valence-electron chi connectivity index (χ0n) is 8.14. The lowest BCUT2D eigenvalue weighted by Crippen LogP contribution is -2.48. The van der Waals surface area contributed by atoms with Gasteiger partial charge < -0.3 is 5.32 Å². The van der Waals surface area contributed by atoms with Crippen LogP contribution in [0.15, 0.2) is 0 Å². The van der Waals surface area contributed by atoms with Gasteiger partial charge in [-0.2, -0.15) is 0 Å². The predicted molar refractivity (Wildman–Crippen MR) is 54.3 cm³/mol. The van der Waals surface area contributed by atoms with Crippen molar-refractivity contribution in [2.45, 2.75) is 31.2 Å². The molecule has 2 aliphatic heterocycles. The number of hydrogen-bond donors (Lipinski definition) is 1. The Morgan fingerprint density at radius 1 is 1.36 bits per heavy atom. The van der Waals surface area contributed by atoms with E-state index in [4.69, 9.17) is 0 Å². The lowest BCUT2D eigenvalue weighted by Gasteiger charge is -2.36. The Morgan fingerprint density at radius 2 is 2.14 bits per heavy atom. The summed E-state index contributed by atoms with van der Waals surface area (Å²) in [5, 5.41) is 3.21. The van der Waals surface area contributed by atoms with Gasteiger partial charge in [-0.3, -0.25) is 4.90 Å². The van der Waals surface area contributed by atoms with Crippen molar-refractivity contribution in [2.75, 3.05) is 26.2 Å². The number of nitrogens with one attached hydrogen (secondary N) is 1. The van der Waals surface area contributed by atoms with Crippen LogP contribution in [0, 0.1) is 0 Å². The van der Waals surface area contributed by atoms with Gasteiger partial charge in [-0.15, -0.1) is 12.4 Å². The molecule has 2 nitrogen and oxygen atoms in total. The monoisotopic (exact) mass is 226 g/mol. The number of alkyl halides is 2. The number of rotatable bonds is 1. The molecule has 2 fully saturated rings. The SMILES string of the molecule is Cl.FC1(F)CCCN(C2CCNC2)C1. The fourth-order valence-electron chi connectivity index (χ4n) is 2.26. The minimum atomic E-state index is -2.44. The fourth-order valence-corrected chi connectivity index (χ4v) is 2.26. The van der Waals surface area contributed by atoms with Crippen molar-refractivity contribution >= 4 is 12.4 Å². The number of hydrogen-bond acceptors (Lipinski definition) is 2. The first-order chi connectivity index (χ1) is 6.17. The standard InChI is InChI=1S/C9H16F2N2.ClH/c10-9(11)3-1-5-13(7-9)8-2-4-12-6-8;/h8,12H,1-7H2;1H. The van der Waals surface area contributed by atoms with Crippen LogP contribution < -0.4 is 5.32 Å².